The van der Waals surface area contributed by atoms with E-state index < -0.39 is 0 Å². The number of rotatable bonds is 3. The molecule has 0 amide bonds. The molecule has 15 heavy (non-hydrogen) atoms. The van der Waals surface area contributed by atoms with Crippen molar-refractivity contribution in [2.24, 2.45) is 5.92 Å². The molecule has 1 unspecified atom stereocenters. The smallest absolute Gasteiger partial charge is 0.309 e. The quantitative estimate of drug-likeness (QED) is 0.673. The highest BCUT2D eigenvalue weighted by Crippen LogP contribution is 2.26. The summed E-state index contributed by atoms with van der Waals surface area (Å²) in [6, 6.07) is 0. The fourth-order valence-corrected chi connectivity index (χ4v) is 2.39. The molecule has 1 heterocycles. The van der Waals surface area contributed by atoms with E-state index in [1.54, 1.807) is 0 Å². The average molecular weight is 212 g/mol. The fraction of sp³-hybridized carbons (Fsp3) is 0.917. The van der Waals surface area contributed by atoms with E-state index in [-0.39, 0.29) is 18.0 Å². The highest BCUT2D eigenvalue weighted by Gasteiger charge is 2.25. The second-order valence-electron chi connectivity index (χ2n) is 4.60. The lowest BCUT2D eigenvalue weighted by atomic mass is 10.1. The van der Waals surface area contributed by atoms with E-state index in [9.17, 15) is 4.79 Å². The Hall–Kier alpha value is -0.570. The third kappa shape index (κ3) is 3.20. The maximum Gasteiger partial charge on any atom is 0.309 e. The molecule has 1 saturated heterocycles. The van der Waals surface area contributed by atoms with Crippen molar-refractivity contribution in [3.05, 3.63) is 0 Å². The van der Waals surface area contributed by atoms with Crippen molar-refractivity contribution in [3.8, 4) is 0 Å². The third-order valence-corrected chi connectivity index (χ3v) is 3.37. The zero-order valence-electron chi connectivity index (χ0n) is 9.24. The molecule has 3 heteroatoms. The number of esters is 1. The van der Waals surface area contributed by atoms with Crippen LogP contribution in [0.25, 0.3) is 0 Å². The monoisotopic (exact) mass is 212 g/mol. The van der Waals surface area contributed by atoms with Crippen LogP contribution in [-0.2, 0) is 14.3 Å². The SMILES string of the molecule is O=C(OCC1CCCCO1)C1CCCC1. The number of ether oxygens (including phenoxy) is 2. The van der Waals surface area contributed by atoms with Gasteiger partial charge in [-0.3, -0.25) is 4.79 Å². The second kappa shape index (κ2) is 5.50. The van der Waals surface area contributed by atoms with Crippen LogP contribution in [0.1, 0.15) is 44.9 Å². The van der Waals surface area contributed by atoms with Gasteiger partial charge < -0.3 is 9.47 Å². The summed E-state index contributed by atoms with van der Waals surface area (Å²) < 4.78 is 10.8. The Labute approximate surface area is 91.1 Å². The predicted molar refractivity (Wildman–Crippen MR) is 56.5 cm³/mol. The van der Waals surface area contributed by atoms with Gasteiger partial charge in [0.2, 0.25) is 0 Å². The van der Waals surface area contributed by atoms with E-state index >= 15 is 0 Å². The largest absolute Gasteiger partial charge is 0.463 e. The van der Waals surface area contributed by atoms with Crippen LogP contribution in [-0.4, -0.2) is 25.3 Å². The van der Waals surface area contributed by atoms with Gasteiger partial charge >= 0.3 is 5.97 Å². The Morgan fingerprint density at radius 3 is 2.53 bits per heavy atom. The topological polar surface area (TPSA) is 35.5 Å². The summed E-state index contributed by atoms with van der Waals surface area (Å²) in [4.78, 5) is 11.6. The molecule has 0 bridgehead atoms. The van der Waals surface area contributed by atoms with E-state index in [0.29, 0.717) is 6.61 Å². The Morgan fingerprint density at radius 2 is 1.87 bits per heavy atom. The highest BCUT2D eigenvalue weighted by atomic mass is 16.6. The van der Waals surface area contributed by atoms with Gasteiger partial charge in [-0.15, -0.1) is 0 Å². The third-order valence-electron chi connectivity index (χ3n) is 3.37. The summed E-state index contributed by atoms with van der Waals surface area (Å²) >= 11 is 0. The van der Waals surface area contributed by atoms with Crippen LogP contribution >= 0.6 is 0 Å². The molecule has 2 fully saturated rings. The summed E-state index contributed by atoms with van der Waals surface area (Å²) in [5.41, 5.74) is 0. The van der Waals surface area contributed by atoms with Gasteiger partial charge in [-0.05, 0) is 32.1 Å². The highest BCUT2D eigenvalue weighted by molar-refractivity contribution is 5.72. The minimum Gasteiger partial charge on any atom is -0.463 e. The molecule has 1 saturated carbocycles. The Morgan fingerprint density at radius 1 is 1.13 bits per heavy atom. The number of hydrogen-bond donors (Lipinski definition) is 0. The van der Waals surface area contributed by atoms with E-state index in [4.69, 9.17) is 9.47 Å². The summed E-state index contributed by atoms with van der Waals surface area (Å²) in [7, 11) is 0. The summed E-state index contributed by atoms with van der Waals surface area (Å²) in [5, 5.41) is 0. The molecule has 0 radical (unpaired) electrons. The first-order valence-electron chi connectivity index (χ1n) is 6.14. The molecule has 0 aromatic heterocycles. The number of hydrogen-bond acceptors (Lipinski definition) is 3. The standard InChI is InChI=1S/C12H20O3/c13-12(10-5-1-2-6-10)15-9-11-7-3-4-8-14-11/h10-11H,1-9H2. The van der Waals surface area contributed by atoms with Crippen LogP contribution in [0.5, 0.6) is 0 Å². The lowest BCUT2D eigenvalue weighted by Gasteiger charge is -2.22. The van der Waals surface area contributed by atoms with E-state index in [0.717, 1.165) is 32.3 Å². The van der Waals surface area contributed by atoms with Crippen molar-refractivity contribution in [2.45, 2.75) is 51.0 Å². The second-order valence-corrected chi connectivity index (χ2v) is 4.60. The van der Waals surface area contributed by atoms with Gasteiger partial charge in [0.15, 0.2) is 0 Å². The maximum atomic E-state index is 11.6. The van der Waals surface area contributed by atoms with Gasteiger partial charge in [-0.25, -0.2) is 0 Å². The average Bonchev–Trinajstić information content (AvgIpc) is 2.81. The van der Waals surface area contributed by atoms with Gasteiger partial charge in [0.1, 0.15) is 6.61 Å². The molecular formula is C12H20O3. The molecule has 1 aliphatic heterocycles. The van der Waals surface area contributed by atoms with Crippen molar-refractivity contribution >= 4 is 5.97 Å². The van der Waals surface area contributed by atoms with Crippen molar-refractivity contribution in [1.82, 2.24) is 0 Å². The van der Waals surface area contributed by atoms with Crippen LogP contribution < -0.4 is 0 Å². The molecule has 1 atom stereocenters. The zero-order chi connectivity index (χ0) is 10.5. The molecular weight excluding hydrogens is 192 g/mol. The van der Waals surface area contributed by atoms with Crippen LogP contribution in [0.15, 0.2) is 0 Å². The Bertz CT molecular complexity index is 203. The van der Waals surface area contributed by atoms with Gasteiger partial charge in [0.05, 0.1) is 12.0 Å². The molecule has 86 valence electrons. The fourth-order valence-electron chi connectivity index (χ4n) is 2.39. The molecule has 3 nitrogen and oxygen atoms in total. The van der Waals surface area contributed by atoms with Crippen molar-refractivity contribution in [2.75, 3.05) is 13.2 Å². The summed E-state index contributed by atoms with van der Waals surface area (Å²) in [5.74, 6) is 0.176. The van der Waals surface area contributed by atoms with Gasteiger partial charge in [0, 0.05) is 6.61 Å². The van der Waals surface area contributed by atoms with Crippen molar-refractivity contribution < 1.29 is 14.3 Å². The lowest BCUT2D eigenvalue weighted by Crippen LogP contribution is -2.27. The molecule has 2 aliphatic rings. The molecule has 0 N–H and O–H groups in total. The molecule has 0 aromatic carbocycles. The van der Waals surface area contributed by atoms with Crippen molar-refractivity contribution in [1.29, 1.82) is 0 Å². The van der Waals surface area contributed by atoms with Crippen molar-refractivity contribution in [3.63, 3.8) is 0 Å². The molecule has 0 aromatic rings. The maximum absolute atomic E-state index is 11.6. The van der Waals surface area contributed by atoms with Gasteiger partial charge in [-0.2, -0.15) is 0 Å². The molecule has 1 aliphatic carbocycles. The minimum absolute atomic E-state index is 0.00155. The molecule has 2 rings (SSSR count). The van der Waals surface area contributed by atoms with Gasteiger partial charge in [-0.1, -0.05) is 12.8 Å². The van der Waals surface area contributed by atoms with E-state index in [2.05, 4.69) is 0 Å². The van der Waals surface area contributed by atoms with Gasteiger partial charge in [0.25, 0.3) is 0 Å². The summed E-state index contributed by atoms with van der Waals surface area (Å²) in [6.45, 7) is 1.29. The number of carbonyl (C=O) groups is 1. The Balaban J connectivity index is 1.65. The van der Waals surface area contributed by atoms with Crippen LogP contribution in [0.4, 0.5) is 0 Å². The first kappa shape index (κ1) is 10.9. The number of carbonyl (C=O) groups excluding carboxylic acids is 1. The van der Waals surface area contributed by atoms with Crippen LogP contribution in [0.2, 0.25) is 0 Å². The first-order chi connectivity index (χ1) is 7.36. The minimum atomic E-state index is 0.00155. The van der Waals surface area contributed by atoms with Crippen LogP contribution in [0, 0.1) is 5.92 Å². The van der Waals surface area contributed by atoms with E-state index in [1.165, 1.54) is 19.3 Å². The Kier molecular flexibility index (Phi) is 4.01. The molecule has 0 spiro atoms. The van der Waals surface area contributed by atoms with E-state index in [1.807, 2.05) is 0 Å². The normalized spacial score (nSPS) is 27.9. The zero-order valence-corrected chi connectivity index (χ0v) is 9.24. The first-order valence-corrected chi connectivity index (χ1v) is 6.14. The predicted octanol–water partition coefficient (Wildman–Crippen LogP) is 2.29. The lowest BCUT2D eigenvalue weighted by molar-refractivity contribution is -0.153. The summed E-state index contributed by atoms with van der Waals surface area (Å²) in [6.07, 6.45) is 7.94. The van der Waals surface area contributed by atoms with Crippen LogP contribution in [0.3, 0.4) is 0 Å².